The van der Waals surface area contributed by atoms with E-state index in [1.807, 2.05) is 17.2 Å². The molecule has 1 fully saturated rings. The van der Waals surface area contributed by atoms with Crippen LogP contribution < -0.4 is 5.32 Å². The van der Waals surface area contributed by atoms with Crippen LogP contribution in [0.25, 0.3) is 0 Å². The van der Waals surface area contributed by atoms with Gasteiger partial charge in [0.1, 0.15) is 0 Å². The van der Waals surface area contributed by atoms with Gasteiger partial charge in [0.05, 0.1) is 11.4 Å². The second kappa shape index (κ2) is 6.39. The van der Waals surface area contributed by atoms with Crippen LogP contribution in [0.15, 0.2) is 17.8 Å². The number of aromatic nitrogens is 3. The van der Waals surface area contributed by atoms with Crippen LogP contribution in [0.1, 0.15) is 37.1 Å². The van der Waals surface area contributed by atoms with E-state index in [-0.39, 0.29) is 11.8 Å². The number of hydrogen-bond acceptors (Lipinski definition) is 6. The Morgan fingerprint density at radius 3 is 2.95 bits per heavy atom. The van der Waals surface area contributed by atoms with Crippen LogP contribution in [-0.4, -0.2) is 38.8 Å². The topological polar surface area (TPSA) is 71.0 Å². The van der Waals surface area contributed by atoms with Gasteiger partial charge in [-0.1, -0.05) is 0 Å². The fourth-order valence-corrected chi connectivity index (χ4v) is 3.43. The molecule has 3 rings (SSSR count). The zero-order chi connectivity index (χ0) is 15.5. The molecule has 3 heterocycles. The first kappa shape index (κ1) is 14.9. The monoisotopic (exact) mass is 317 g/mol. The Morgan fingerprint density at radius 2 is 2.23 bits per heavy atom. The first-order chi connectivity index (χ1) is 10.6. The first-order valence-electron chi connectivity index (χ1n) is 7.39. The fraction of sp³-hybridized carbons (Fsp3) is 0.467. The summed E-state index contributed by atoms with van der Waals surface area (Å²) in [5.74, 6) is 1.08. The Labute approximate surface area is 133 Å². The summed E-state index contributed by atoms with van der Waals surface area (Å²) in [5.41, 5.74) is 1.90. The summed E-state index contributed by atoms with van der Waals surface area (Å²) < 4.78 is 0. The number of aryl methyl sites for hydroxylation is 1. The fourth-order valence-electron chi connectivity index (χ4n) is 2.74. The van der Waals surface area contributed by atoms with E-state index in [0.29, 0.717) is 6.54 Å². The number of carbonyl (C=O) groups is 1. The molecule has 0 spiro atoms. The van der Waals surface area contributed by atoms with E-state index >= 15 is 0 Å². The maximum absolute atomic E-state index is 11.6. The number of thiazole rings is 1. The van der Waals surface area contributed by atoms with Crippen molar-refractivity contribution in [2.75, 3.05) is 18.4 Å². The van der Waals surface area contributed by atoms with Crippen molar-refractivity contribution in [3.8, 4) is 0 Å². The Bertz CT molecular complexity index is 671. The second-order valence-electron chi connectivity index (χ2n) is 5.51. The molecule has 1 saturated heterocycles. The van der Waals surface area contributed by atoms with E-state index < -0.39 is 0 Å². The van der Waals surface area contributed by atoms with Gasteiger partial charge in [-0.05, 0) is 19.8 Å². The van der Waals surface area contributed by atoms with E-state index in [0.717, 1.165) is 41.7 Å². The van der Waals surface area contributed by atoms with Gasteiger partial charge in [0.25, 0.3) is 0 Å². The number of likely N-dealkylation sites (tertiary alicyclic amines) is 1. The number of amides is 1. The normalized spacial score (nSPS) is 18.3. The van der Waals surface area contributed by atoms with Crippen LogP contribution in [0.5, 0.6) is 0 Å². The highest BCUT2D eigenvalue weighted by atomic mass is 32.1. The third kappa shape index (κ3) is 3.24. The van der Waals surface area contributed by atoms with Gasteiger partial charge in [0, 0.05) is 43.7 Å². The van der Waals surface area contributed by atoms with Crippen LogP contribution in [0.2, 0.25) is 0 Å². The standard InChI is InChI=1S/C15H19N5OS/c1-10-9-22-15(18-10)19-14-13(16-5-6-17-14)12-4-3-7-20(8-12)11(2)21/h5-6,9,12H,3-4,7-8H2,1-2H3,(H,17,18,19). The van der Waals surface area contributed by atoms with E-state index in [4.69, 9.17) is 0 Å². The molecule has 116 valence electrons. The van der Waals surface area contributed by atoms with Crippen LogP contribution in [-0.2, 0) is 4.79 Å². The molecule has 0 radical (unpaired) electrons. The maximum Gasteiger partial charge on any atom is 0.219 e. The molecule has 1 aliphatic rings. The predicted octanol–water partition coefficient (Wildman–Crippen LogP) is 2.71. The van der Waals surface area contributed by atoms with Gasteiger partial charge >= 0.3 is 0 Å². The lowest BCUT2D eigenvalue weighted by Gasteiger charge is -2.32. The lowest BCUT2D eigenvalue weighted by atomic mass is 9.94. The molecule has 22 heavy (non-hydrogen) atoms. The number of piperidine rings is 1. The predicted molar refractivity (Wildman–Crippen MR) is 86.4 cm³/mol. The van der Waals surface area contributed by atoms with E-state index in [2.05, 4.69) is 20.3 Å². The van der Waals surface area contributed by atoms with Gasteiger partial charge in [-0.25, -0.2) is 9.97 Å². The smallest absolute Gasteiger partial charge is 0.219 e. The quantitative estimate of drug-likeness (QED) is 0.942. The van der Waals surface area contributed by atoms with Crippen LogP contribution in [0.4, 0.5) is 10.9 Å². The lowest BCUT2D eigenvalue weighted by Crippen LogP contribution is -2.38. The largest absolute Gasteiger partial charge is 0.342 e. The average molecular weight is 317 g/mol. The van der Waals surface area contributed by atoms with Crippen molar-refractivity contribution in [2.45, 2.75) is 32.6 Å². The second-order valence-corrected chi connectivity index (χ2v) is 6.37. The first-order valence-corrected chi connectivity index (χ1v) is 8.27. The Balaban J connectivity index is 1.82. The summed E-state index contributed by atoms with van der Waals surface area (Å²) in [5, 5.41) is 6.08. The van der Waals surface area contributed by atoms with Gasteiger partial charge < -0.3 is 10.2 Å². The highest BCUT2D eigenvalue weighted by Gasteiger charge is 2.26. The third-order valence-electron chi connectivity index (χ3n) is 3.82. The van der Waals surface area contributed by atoms with Crippen molar-refractivity contribution >= 4 is 28.2 Å². The van der Waals surface area contributed by atoms with Crippen LogP contribution in [0, 0.1) is 6.92 Å². The SMILES string of the molecule is CC(=O)N1CCCC(c2nccnc2Nc2nc(C)cs2)C1. The van der Waals surface area contributed by atoms with Gasteiger partial charge in [0.15, 0.2) is 10.9 Å². The molecule has 0 aromatic carbocycles. The average Bonchev–Trinajstić information content (AvgIpc) is 2.93. The molecule has 7 heteroatoms. The van der Waals surface area contributed by atoms with Gasteiger partial charge in [-0.15, -0.1) is 11.3 Å². The zero-order valence-corrected chi connectivity index (χ0v) is 13.6. The van der Waals surface area contributed by atoms with Crippen molar-refractivity contribution in [3.05, 3.63) is 29.2 Å². The van der Waals surface area contributed by atoms with Crippen molar-refractivity contribution in [2.24, 2.45) is 0 Å². The third-order valence-corrected chi connectivity index (χ3v) is 4.70. The number of nitrogens with zero attached hydrogens (tertiary/aromatic N) is 4. The number of nitrogens with one attached hydrogen (secondary N) is 1. The summed E-state index contributed by atoms with van der Waals surface area (Å²) in [6, 6.07) is 0. The number of hydrogen-bond donors (Lipinski definition) is 1. The summed E-state index contributed by atoms with van der Waals surface area (Å²) in [6.45, 7) is 5.13. The van der Waals surface area contributed by atoms with Crippen molar-refractivity contribution in [1.82, 2.24) is 19.9 Å². The molecule has 0 aliphatic carbocycles. The molecule has 2 aromatic heterocycles. The molecular weight excluding hydrogens is 298 g/mol. The summed E-state index contributed by atoms with van der Waals surface area (Å²) in [4.78, 5) is 26.9. The number of rotatable bonds is 3. The molecular formula is C15H19N5OS. The molecule has 1 unspecified atom stereocenters. The zero-order valence-electron chi connectivity index (χ0n) is 12.7. The molecule has 1 aliphatic heterocycles. The maximum atomic E-state index is 11.6. The minimum atomic E-state index is 0.124. The Kier molecular flexibility index (Phi) is 4.33. The molecule has 0 bridgehead atoms. The van der Waals surface area contributed by atoms with Crippen LogP contribution in [0.3, 0.4) is 0 Å². The van der Waals surface area contributed by atoms with Gasteiger partial charge in [-0.3, -0.25) is 9.78 Å². The lowest BCUT2D eigenvalue weighted by molar-refractivity contribution is -0.130. The molecule has 6 nitrogen and oxygen atoms in total. The summed E-state index contributed by atoms with van der Waals surface area (Å²) in [7, 11) is 0. The van der Waals surface area contributed by atoms with Crippen molar-refractivity contribution < 1.29 is 4.79 Å². The molecule has 1 amide bonds. The minimum Gasteiger partial charge on any atom is -0.342 e. The summed E-state index contributed by atoms with van der Waals surface area (Å²) >= 11 is 1.55. The van der Waals surface area contributed by atoms with E-state index in [1.54, 1.807) is 30.7 Å². The van der Waals surface area contributed by atoms with Crippen LogP contribution >= 0.6 is 11.3 Å². The minimum absolute atomic E-state index is 0.124. The molecule has 1 atom stereocenters. The number of anilines is 2. The van der Waals surface area contributed by atoms with Crippen molar-refractivity contribution in [1.29, 1.82) is 0 Å². The molecule has 1 N–H and O–H groups in total. The molecule has 0 saturated carbocycles. The van der Waals surface area contributed by atoms with Crippen molar-refractivity contribution in [3.63, 3.8) is 0 Å². The van der Waals surface area contributed by atoms with Gasteiger partial charge in [0.2, 0.25) is 5.91 Å². The van der Waals surface area contributed by atoms with E-state index in [9.17, 15) is 4.79 Å². The van der Waals surface area contributed by atoms with Gasteiger partial charge in [-0.2, -0.15) is 0 Å². The highest BCUT2D eigenvalue weighted by molar-refractivity contribution is 7.13. The molecule has 2 aromatic rings. The highest BCUT2D eigenvalue weighted by Crippen LogP contribution is 2.31. The Morgan fingerprint density at radius 1 is 1.41 bits per heavy atom. The van der Waals surface area contributed by atoms with E-state index in [1.165, 1.54) is 0 Å². The Hall–Kier alpha value is -2.02. The number of carbonyl (C=O) groups excluding carboxylic acids is 1. The summed E-state index contributed by atoms with van der Waals surface area (Å²) in [6.07, 6.45) is 5.41.